The molecule has 26 heavy (non-hydrogen) atoms. The number of aromatic nitrogens is 2. The van der Waals surface area contributed by atoms with E-state index in [1.165, 1.54) is 6.08 Å². The lowest BCUT2D eigenvalue weighted by Gasteiger charge is -2.12. The van der Waals surface area contributed by atoms with E-state index in [2.05, 4.69) is 9.97 Å². The van der Waals surface area contributed by atoms with Crippen LogP contribution in [-0.4, -0.2) is 15.9 Å². The fourth-order valence-corrected chi connectivity index (χ4v) is 2.45. The van der Waals surface area contributed by atoms with Crippen molar-refractivity contribution in [2.45, 2.75) is 0 Å². The number of carbonyl (C=O) groups is 1. The summed E-state index contributed by atoms with van der Waals surface area (Å²) >= 11 is 5.68. The first-order chi connectivity index (χ1) is 12.5. The SMILES string of the molecule is N#C/C(=C\c1c(Oc2nc(Cl)ncc2F)ccc2ccccc12)C(N)=O. The lowest BCUT2D eigenvalue weighted by Crippen LogP contribution is -2.12. The van der Waals surface area contributed by atoms with Gasteiger partial charge < -0.3 is 10.5 Å². The highest BCUT2D eigenvalue weighted by atomic mass is 35.5. The zero-order chi connectivity index (χ0) is 18.7. The normalized spacial score (nSPS) is 11.2. The van der Waals surface area contributed by atoms with Gasteiger partial charge in [0.05, 0.1) is 6.20 Å². The Morgan fingerprint density at radius 2 is 2.08 bits per heavy atom. The van der Waals surface area contributed by atoms with E-state index < -0.39 is 11.7 Å². The van der Waals surface area contributed by atoms with Gasteiger partial charge in [0.15, 0.2) is 0 Å². The molecule has 1 amide bonds. The zero-order valence-corrected chi connectivity index (χ0v) is 13.9. The number of fused-ring (bicyclic) bond motifs is 1. The van der Waals surface area contributed by atoms with E-state index in [4.69, 9.17) is 27.3 Å². The van der Waals surface area contributed by atoms with Crippen molar-refractivity contribution in [2.75, 3.05) is 0 Å². The molecule has 0 radical (unpaired) electrons. The number of benzene rings is 2. The van der Waals surface area contributed by atoms with Gasteiger partial charge in [-0.2, -0.15) is 14.6 Å². The molecule has 0 spiro atoms. The van der Waals surface area contributed by atoms with Crippen LogP contribution in [0.15, 0.2) is 48.2 Å². The van der Waals surface area contributed by atoms with Crippen LogP contribution in [0.3, 0.4) is 0 Å². The minimum Gasteiger partial charge on any atom is -0.436 e. The summed E-state index contributed by atoms with van der Waals surface area (Å²) in [5, 5.41) is 10.5. The van der Waals surface area contributed by atoms with Gasteiger partial charge >= 0.3 is 0 Å². The molecule has 0 atom stereocenters. The molecule has 0 saturated carbocycles. The van der Waals surface area contributed by atoms with Crippen molar-refractivity contribution in [3.63, 3.8) is 0 Å². The monoisotopic (exact) mass is 368 g/mol. The minimum atomic E-state index is -0.886. The first kappa shape index (κ1) is 17.3. The number of halogens is 2. The molecule has 1 heterocycles. The molecule has 128 valence electrons. The van der Waals surface area contributed by atoms with Gasteiger partial charge in [0.25, 0.3) is 11.8 Å². The molecule has 0 aliphatic rings. The van der Waals surface area contributed by atoms with Gasteiger partial charge in [-0.1, -0.05) is 30.3 Å². The van der Waals surface area contributed by atoms with Gasteiger partial charge in [0.1, 0.15) is 17.4 Å². The second-order valence-corrected chi connectivity index (χ2v) is 5.46. The van der Waals surface area contributed by atoms with E-state index >= 15 is 0 Å². The largest absolute Gasteiger partial charge is 0.436 e. The number of rotatable bonds is 4. The smallest absolute Gasteiger partial charge is 0.260 e. The van der Waals surface area contributed by atoms with Crippen LogP contribution < -0.4 is 10.5 Å². The van der Waals surface area contributed by atoms with Crippen molar-refractivity contribution in [3.05, 3.63) is 64.8 Å². The summed E-state index contributed by atoms with van der Waals surface area (Å²) < 4.78 is 19.4. The Kier molecular flexibility index (Phi) is 4.78. The second kappa shape index (κ2) is 7.17. The van der Waals surface area contributed by atoms with Crippen LogP contribution in [0, 0.1) is 17.1 Å². The molecule has 0 aliphatic carbocycles. The third kappa shape index (κ3) is 3.45. The predicted molar refractivity (Wildman–Crippen MR) is 93.8 cm³/mol. The molecular formula is C18H10ClFN4O2. The quantitative estimate of drug-likeness (QED) is 0.430. The maximum Gasteiger partial charge on any atom is 0.260 e. The number of nitriles is 1. The third-order valence-corrected chi connectivity index (χ3v) is 3.68. The summed E-state index contributed by atoms with van der Waals surface area (Å²) in [6, 6.07) is 12.3. The van der Waals surface area contributed by atoms with Crippen LogP contribution in [0.2, 0.25) is 5.28 Å². The number of nitrogens with zero attached hydrogens (tertiary/aromatic N) is 3. The van der Waals surface area contributed by atoms with E-state index in [0.717, 1.165) is 11.6 Å². The Balaban J connectivity index is 2.22. The van der Waals surface area contributed by atoms with Crippen molar-refractivity contribution in [3.8, 4) is 17.7 Å². The topological polar surface area (TPSA) is 102 Å². The molecule has 0 unspecified atom stereocenters. The highest BCUT2D eigenvalue weighted by molar-refractivity contribution is 6.28. The van der Waals surface area contributed by atoms with Gasteiger partial charge in [0.2, 0.25) is 11.1 Å². The summed E-state index contributed by atoms with van der Waals surface area (Å²) in [5.74, 6) is -1.91. The van der Waals surface area contributed by atoms with E-state index in [1.807, 2.05) is 12.1 Å². The maximum absolute atomic E-state index is 13.9. The average molecular weight is 369 g/mol. The first-order valence-corrected chi connectivity index (χ1v) is 7.66. The van der Waals surface area contributed by atoms with Crippen LogP contribution >= 0.6 is 11.6 Å². The average Bonchev–Trinajstić information content (AvgIpc) is 2.63. The molecule has 1 aromatic heterocycles. The van der Waals surface area contributed by atoms with Crippen molar-refractivity contribution >= 4 is 34.4 Å². The van der Waals surface area contributed by atoms with Crippen LogP contribution in [0.25, 0.3) is 16.8 Å². The van der Waals surface area contributed by atoms with E-state index in [1.54, 1.807) is 30.3 Å². The lowest BCUT2D eigenvalue weighted by molar-refractivity contribution is -0.114. The molecule has 6 nitrogen and oxygen atoms in total. The highest BCUT2D eigenvalue weighted by Gasteiger charge is 2.15. The summed E-state index contributed by atoms with van der Waals surface area (Å²) in [5.41, 5.74) is 5.33. The van der Waals surface area contributed by atoms with Crippen LogP contribution in [0.1, 0.15) is 5.56 Å². The van der Waals surface area contributed by atoms with Gasteiger partial charge in [-0.3, -0.25) is 4.79 Å². The number of primary amides is 1. The third-order valence-electron chi connectivity index (χ3n) is 3.49. The van der Waals surface area contributed by atoms with Crippen LogP contribution in [0.5, 0.6) is 11.6 Å². The molecule has 8 heteroatoms. The van der Waals surface area contributed by atoms with Crippen molar-refractivity contribution in [2.24, 2.45) is 5.73 Å². The van der Waals surface area contributed by atoms with E-state index in [-0.39, 0.29) is 22.5 Å². The number of amides is 1. The zero-order valence-electron chi connectivity index (χ0n) is 13.1. The molecule has 2 aromatic carbocycles. The summed E-state index contributed by atoms with van der Waals surface area (Å²) in [6.07, 6.45) is 2.17. The number of ether oxygens (including phenoxy) is 1. The number of hydrogen-bond acceptors (Lipinski definition) is 5. The van der Waals surface area contributed by atoms with E-state index in [9.17, 15) is 9.18 Å². The molecule has 0 saturated heterocycles. The molecule has 2 N–H and O–H groups in total. The molecule has 0 bridgehead atoms. The Hall–Kier alpha value is -3.50. The van der Waals surface area contributed by atoms with E-state index in [0.29, 0.717) is 10.9 Å². The summed E-state index contributed by atoms with van der Waals surface area (Å²) in [4.78, 5) is 18.7. The fourth-order valence-electron chi connectivity index (χ4n) is 2.32. The van der Waals surface area contributed by atoms with Crippen molar-refractivity contribution in [1.29, 1.82) is 5.26 Å². The highest BCUT2D eigenvalue weighted by Crippen LogP contribution is 2.33. The summed E-state index contributed by atoms with van der Waals surface area (Å²) in [6.45, 7) is 0. The summed E-state index contributed by atoms with van der Waals surface area (Å²) in [7, 11) is 0. The van der Waals surface area contributed by atoms with Gasteiger partial charge in [-0.15, -0.1) is 0 Å². The van der Waals surface area contributed by atoms with Crippen molar-refractivity contribution in [1.82, 2.24) is 9.97 Å². The second-order valence-electron chi connectivity index (χ2n) is 5.13. The standard InChI is InChI=1S/C18H10ClFN4O2/c19-18-23-9-14(20)17(24-18)26-15-6-5-10-3-1-2-4-12(10)13(15)7-11(8-21)16(22)25/h1-7,9H,(H2,22,25)/b11-7+. The van der Waals surface area contributed by atoms with Gasteiger partial charge in [0, 0.05) is 5.56 Å². The number of nitrogens with two attached hydrogens (primary N) is 1. The minimum absolute atomic E-state index is 0.173. The molecular weight excluding hydrogens is 359 g/mol. The Bertz CT molecular complexity index is 1090. The molecule has 0 aliphatic heterocycles. The number of hydrogen-bond donors (Lipinski definition) is 1. The van der Waals surface area contributed by atoms with Gasteiger partial charge in [-0.05, 0) is 34.5 Å². The van der Waals surface area contributed by atoms with Crippen molar-refractivity contribution < 1.29 is 13.9 Å². The lowest BCUT2D eigenvalue weighted by atomic mass is 10.0. The molecule has 0 fully saturated rings. The Morgan fingerprint density at radius 1 is 1.31 bits per heavy atom. The first-order valence-electron chi connectivity index (χ1n) is 7.29. The molecule has 3 aromatic rings. The fraction of sp³-hybridized carbons (Fsp3) is 0. The Morgan fingerprint density at radius 3 is 2.81 bits per heavy atom. The van der Waals surface area contributed by atoms with Crippen LogP contribution in [0.4, 0.5) is 4.39 Å². The maximum atomic E-state index is 13.9. The van der Waals surface area contributed by atoms with Crippen LogP contribution in [-0.2, 0) is 4.79 Å². The Labute approximate surface area is 152 Å². The number of carbonyl (C=O) groups excluding carboxylic acids is 1. The predicted octanol–water partition coefficient (Wildman–Crippen LogP) is 3.61. The molecule has 3 rings (SSSR count). The van der Waals surface area contributed by atoms with Gasteiger partial charge in [-0.25, -0.2) is 4.98 Å².